The topological polar surface area (TPSA) is 47.6 Å². The van der Waals surface area contributed by atoms with E-state index in [1.807, 2.05) is 0 Å². The van der Waals surface area contributed by atoms with Gasteiger partial charge in [0.05, 0.1) is 13.2 Å². The number of nitrogens with one attached hydrogen (secondary N) is 1. The monoisotopic (exact) mass is 181 g/mol. The van der Waals surface area contributed by atoms with Gasteiger partial charge in [0.2, 0.25) is 0 Å². The van der Waals surface area contributed by atoms with E-state index in [1.54, 1.807) is 0 Å². The molecule has 5 heteroatoms. The lowest BCUT2D eigenvalue weighted by Crippen LogP contribution is -2.43. The maximum Gasteiger partial charge on any atom is 0.304 e. The third kappa shape index (κ3) is 4.19. The highest BCUT2D eigenvalue weighted by Gasteiger charge is 2.14. The zero-order valence-corrected chi connectivity index (χ0v) is 7.15. The van der Waals surface area contributed by atoms with Gasteiger partial charge in [-0.2, -0.15) is 0 Å². The van der Waals surface area contributed by atoms with E-state index >= 15 is 0 Å². The van der Waals surface area contributed by atoms with E-state index in [1.165, 1.54) is 6.92 Å². The van der Waals surface area contributed by atoms with Gasteiger partial charge in [0.15, 0.2) is 6.23 Å². The van der Waals surface area contributed by atoms with Crippen molar-refractivity contribution in [3.05, 3.63) is 0 Å². The molecule has 0 aliphatic carbocycles. The Balaban J connectivity index is 0.000001000. The van der Waals surface area contributed by atoms with Gasteiger partial charge in [-0.3, -0.25) is 10.1 Å². The second-order valence-electron chi connectivity index (χ2n) is 2.13. The van der Waals surface area contributed by atoms with E-state index in [0.717, 1.165) is 6.54 Å². The van der Waals surface area contributed by atoms with Crippen molar-refractivity contribution in [2.75, 3.05) is 19.8 Å². The molecule has 0 radical (unpaired) electrons. The Bertz CT molecular complexity index is 125. The molecule has 0 bridgehead atoms. The van der Waals surface area contributed by atoms with E-state index < -0.39 is 0 Å². The smallest absolute Gasteiger partial charge is 0.304 e. The maximum atomic E-state index is 10.4. The fourth-order valence-corrected chi connectivity index (χ4v) is 0.817. The summed E-state index contributed by atoms with van der Waals surface area (Å²) in [5.41, 5.74) is 0. The van der Waals surface area contributed by atoms with Crippen LogP contribution in [-0.4, -0.2) is 32.0 Å². The third-order valence-electron chi connectivity index (χ3n) is 1.20. The SMILES string of the molecule is CC(=O)OC1COCCN1.Cl. The predicted molar refractivity (Wildman–Crippen MR) is 41.6 cm³/mol. The molecule has 1 fully saturated rings. The minimum Gasteiger partial charge on any atom is -0.444 e. The molecule has 1 rings (SSSR count). The van der Waals surface area contributed by atoms with E-state index in [2.05, 4.69) is 5.32 Å². The average molecular weight is 182 g/mol. The first-order chi connectivity index (χ1) is 4.79. The largest absolute Gasteiger partial charge is 0.444 e. The molecule has 0 aromatic heterocycles. The second-order valence-corrected chi connectivity index (χ2v) is 2.13. The summed E-state index contributed by atoms with van der Waals surface area (Å²) < 4.78 is 9.86. The summed E-state index contributed by atoms with van der Waals surface area (Å²) in [7, 11) is 0. The molecular weight excluding hydrogens is 170 g/mol. The number of esters is 1. The maximum absolute atomic E-state index is 10.4. The van der Waals surface area contributed by atoms with Crippen molar-refractivity contribution < 1.29 is 14.3 Å². The van der Waals surface area contributed by atoms with Crippen molar-refractivity contribution in [2.24, 2.45) is 0 Å². The molecule has 1 unspecified atom stereocenters. The molecule has 1 N–H and O–H groups in total. The molecule has 1 heterocycles. The lowest BCUT2D eigenvalue weighted by Gasteiger charge is -2.22. The van der Waals surface area contributed by atoms with Gasteiger partial charge in [-0.15, -0.1) is 12.4 Å². The lowest BCUT2D eigenvalue weighted by molar-refractivity contribution is -0.154. The minimum absolute atomic E-state index is 0. The number of hydrogen-bond donors (Lipinski definition) is 1. The van der Waals surface area contributed by atoms with Crippen LogP contribution in [0.5, 0.6) is 0 Å². The van der Waals surface area contributed by atoms with Gasteiger partial charge in [-0.25, -0.2) is 0 Å². The molecule has 66 valence electrons. The van der Waals surface area contributed by atoms with E-state index in [9.17, 15) is 4.79 Å². The first-order valence-electron chi connectivity index (χ1n) is 3.27. The molecule has 0 spiro atoms. The Kier molecular flexibility index (Phi) is 5.19. The standard InChI is InChI=1S/C6H11NO3.ClH/c1-5(8)10-6-4-9-3-2-7-6;/h6-7H,2-4H2,1H3;1H. The Hall–Kier alpha value is -0.320. The number of carbonyl (C=O) groups excluding carboxylic acids is 1. The predicted octanol–water partition coefficient (Wildman–Crippen LogP) is -0.0828. The zero-order valence-electron chi connectivity index (χ0n) is 6.33. The van der Waals surface area contributed by atoms with Crippen molar-refractivity contribution in [3.8, 4) is 0 Å². The summed E-state index contributed by atoms with van der Waals surface area (Å²) in [6.07, 6.45) is -0.244. The van der Waals surface area contributed by atoms with Crippen LogP contribution in [-0.2, 0) is 14.3 Å². The number of ether oxygens (including phenoxy) is 2. The highest BCUT2D eigenvalue weighted by atomic mass is 35.5. The number of carbonyl (C=O) groups is 1. The molecule has 0 amide bonds. The number of hydrogen-bond acceptors (Lipinski definition) is 4. The summed E-state index contributed by atoms with van der Waals surface area (Å²) in [5, 5.41) is 2.98. The van der Waals surface area contributed by atoms with Gasteiger partial charge >= 0.3 is 5.97 Å². The third-order valence-corrected chi connectivity index (χ3v) is 1.20. The first-order valence-corrected chi connectivity index (χ1v) is 3.27. The second kappa shape index (κ2) is 5.35. The lowest BCUT2D eigenvalue weighted by atomic mass is 10.5. The summed E-state index contributed by atoms with van der Waals surface area (Å²) >= 11 is 0. The van der Waals surface area contributed by atoms with Crippen LogP contribution in [0.3, 0.4) is 0 Å². The van der Waals surface area contributed by atoms with Crippen LogP contribution in [0.2, 0.25) is 0 Å². The highest BCUT2D eigenvalue weighted by Crippen LogP contribution is 1.94. The van der Waals surface area contributed by atoms with Crippen molar-refractivity contribution in [1.82, 2.24) is 5.32 Å². The fraction of sp³-hybridized carbons (Fsp3) is 0.833. The van der Waals surface area contributed by atoms with Crippen LogP contribution < -0.4 is 5.32 Å². The van der Waals surface area contributed by atoms with E-state index in [-0.39, 0.29) is 24.6 Å². The van der Waals surface area contributed by atoms with Gasteiger partial charge in [0.25, 0.3) is 0 Å². The van der Waals surface area contributed by atoms with Crippen molar-refractivity contribution in [2.45, 2.75) is 13.2 Å². The summed E-state index contributed by atoms with van der Waals surface area (Å²) in [5.74, 6) is -0.275. The minimum atomic E-state index is -0.275. The van der Waals surface area contributed by atoms with Gasteiger partial charge < -0.3 is 9.47 Å². The normalized spacial score (nSPS) is 23.5. The molecular formula is C6H12ClNO3. The van der Waals surface area contributed by atoms with Crippen molar-refractivity contribution in [3.63, 3.8) is 0 Å². The fourth-order valence-electron chi connectivity index (χ4n) is 0.817. The molecule has 0 aromatic carbocycles. The Morgan fingerprint density at radius 3 is 2.91 bits per heavy atom. The summed E-state index contributed by atoms with van der Waals surface area (Å²) in [6.45, 7) is 3.28. The molecule has 4 nitrogen and oxygen atoms in total. The van der Waals surface area contributed by atoms with E-state index in [0.29, 0.717) is 13.2 Å². The number of morpholine rings is 1. The van der Waals surface area contributed by atoms with Crippen LogP contribution in [0.25, 0.3) is 0 Å². The molecule has 1 saturated heterocycles. The zero-order chi connectivity index (χ0) is 7.40. The van der Waals surface area contributed by atoms with Crippen LogP contribution in [0.15, 0.2) is 0 Å². The van der Waals surface area contributed by atoms with Crippen LogP contribution in [0.4, 0.5) is 0 Å². The average Bonchev–Trinajstić information content (AvgIpc) is 1.88. The number of halogens is 1. The summed E-state index contributed by atoms with van der Waals surface area (Å²) in [4.78, 5) is 10.4. The Labute approximate surface area is 71.6 Å². The van der Waals surface area contributed by atoms with Crippen molar-refractivity contribution >= 4 is 18.4 Å². The Morgan fingerprint density at radius 1 is 1.73 bits per heavy atom. The molecule has 11 heavy (non-hydrogen) atoms. The molecule has 1 aliphatic rings. The van der Waals surface area contributed by atoms with E-state index in [4.69, 9.17) is 9.47 Å². The van der Waals surface area contributed by atoms with Crippen LogP contribution >= 0.6 is 12.4 Å². The molecule has 1 aliphatic heterocycles. The molecule has 0 aromatic rings. The van der Waals surface area contributed by atoms with Crippen LogP contribution in [0, 0.1) is 0 Å². The van der Waals surface area contributed by atoms with Gasteiger partial charge in [-0.05, 0) is 0 Å². The van der Waals surface area contributed by atoms with Gasteiger partial charge in [0.1, 0.15) is 0 Å². The quantitative estimate of drug-likeness (QED) is 0.575. The van der Waals surface area contributed by atoms with Gasteiger partial charge in [0, 0.05) is 13.5 Å². The first kappa shape index (κ1) is 10.7. The highest BCUT2D eigenvalue weighted by molar-refractivity contribution is 5.85. The van der Waals surface area contributed by atoms with Crippen LogP contribution in [0.1, 0.15) is 6.92 Å². The number of rotatable bonds is 1. The molecule has 0 saturated carbocycles. The van der Waals surface area contributed by atoms with Gasteiger partial charge in [-0.1, -0.05) is 0 Å². The molecule has 1 atom stereocenters. The van der Waals surface area contributed by atoms with Crippen molar-refractivity contribution in [1.29, 1.82) is 0 Å². The summed E-state index contributed by atoms with van der Waals surface area (Å²) in [6, 6.07) is 0. The Morgan fingerprint density at radius 2 is 2.45 bits per heavy atom.